The van der Waals surface area contributed by atoms with E-state index in [9.17, 15) is 17.8 Å². The molecule has 0 unspecified atom stereocenters. The van der Waals surface area contributed by atoms with Gasteiger partial charge in [0.05, 0.1) is 4.90 Å². The van der Waals surface area contributed by atoms with Crippen molar-refractivity contribution in [2.75, 3.05) is 6.54 Å². The van der Waals surface area contributed by atoms with Gasteiger partial charge in [-0.1, -0.05) is 33.4 Å². The number of carbonyl (C=O) groups excluding carboxylic acids is 1. The van der Waals surface area contributed by atoms with Gasteiger partial charge in [-0.25, -0.2) is 0 Å². The Balaban J connectivity index is 2.98. The van der Waals surface area contributed by atoms with Crippen LogP contribution >= 0.6 is 0 Å². The van der Waals surface area contributed by atoms with Crippen molar-refractivity contribution in [3.63, 3.8) is 0 Å². The first-order valence-corrected chi connectivity index (χ1v) is 8.51. The number of benzene rings is 1. The lowest BCUT2D eigenvalue weighted by Gasteiger charge is -2.23. The smallest absolute Gasteiger partial charge is 0.294 e. The summed E-state index contributed by atoms with van der Waals surface area (Å²) < 4.78 is 31.8. The van der Waals surface area contributed by atoms with Crippen LogP contribution in [0.25, 0.3) is 0 Å². The molecule has 0 atom stereocenters. The molecule has 1 amide bonds. The van der Waals surface area contributed by atoms with Gasteiger partial charge in [-0.15, -0.1) is 0 Å². The van der Waals surface area contributed by atoms with Crippen molar-refractivity contribution >= 4 is 16.0 Å². The molecule has 122 valence electrons. The summed E-state index contributed by atoms with van der Waals surface area (Å²) in [5.74, 6) is -0.234. The molecule has 0 spiro atoms. The molecule has 0 saturated carbocycles. The molecule has 1 aromatic rings. The van der Waals surface area contributed by atoms with Crippen LogP contribution < -0.4 is 5.32 Å². The van der Waals surface area contributed by atoms with Gasteiger partial charge in [-0.2, -0.15) is 8.42 Å². The highest BCUT2D eigenvalue weighted by molar-refractivity contribution is 7.85. The summed E-state index contributed by atoms with van der Waals surface area (Å²) in [6, 6.07) is 4.66. The quantitative estimate of drug-likeness (QED) is 0.478. The normalized spacial score (nSPS) is 12.0. The van der Waals surface area contributed by atoms with E-state index in [-0.39, 0.29) is 16.2 Å². The molecule has 6 heteroatoms. The van der Waals surface area contributed by atoms with Crippen molar-refractivity contribution in [2.24, 2.45) is 0 Å². The number of hydrogen-bond donors (Lipinski definition) is 2. The molecule has 22 heavy (non-hydrogen) atoms. The zero-order valence-electron chi connectivity index (χ0n) is 13.2. The Hall–Kier alpha value is -1.66. The van der Waals surface area contributed by atoms with Crippen molar-refractivity contribution in [1.82, 2.24) is 5.32 Å². The zero-order valence-corrected chi connectivity index (χ0v) is 14.0. The molecule has 0 aliphatic carbocycles. The van der Waals surface area contributed by atoms with E-state index < -0.39 is 10.1 Å². The van der Waals surface area contributed by atoms with Crippen LogP contribution in [0.4, 0.5) is 0 Å². The predicted octanol–water partition coefficient (Wildman–Crippen LogP) is 2.47. The van der Waals surface area contributed by atoms with Crippen LogP contribution in [-0.2, 0) is 26.7 Å². The molecule has 1 rings (SSSR count). The highest BCUT2D eigenvalue weighted by Gasteiger charge is 2.20. The minimum atomic E-state index is -4.22. The number of amides is 1. The number of hydrogen-bond acceptors (Lipinski definition) is 3. The van der Waals surface area contributed by atoms with Gasteiger partial charge in [0.25, 0.3) is 10.1 Å². The van der Waals surface area contributed by atoms with Gasteiger partial charge < -0.3 is 5.32 Å². The molecule has 0 aromatic heterocycles. The van der Waals surface area contributed by atoms with E-state index in [4.69, 9.17) is 0 Å². The van der Waals surface area contributed by atoms with Crippen LogP contribution in [0.3, 0.4) is 0 Å². The Morgan fingerprint density at radius 2 is 2.00 bits per heavy atom. The lowest BCUT2D eigenvalue weighted by Crippen LogP contribution is -2.22. The third-order valence-corrected chi connectivity index (χ3v) is 4.14. The third-order valence-electron chi connectivity index (χ3n) is 3.29. The van der Waals surface area contributed by atoms with Gasteiger partial charge in [0.2, 0.25) is 5.91 Å². The van der Waals surface area contributed by atoms with E-state index in [0.717, 1.165) is 11.1 Å². The fourth-order valence-electron chi connectivity index (χ4n) is 2.23. The summed E-state index contributed by atoms with van der Waals surface area (Å²) >= 11 is 0. The van der Waals surface area contributed by atoms with Crippen molar-refractivity contribution in [3.05, 3.63) is 42.0 Å². The molecular weight excluding hydrogens is 302 g/mol. The van der Waals surface area contributed by atoms with Gasteiger partial charge in [-0.05, 0) is 47.6 Å². The maximum atomic E-state index is 11.3. The SMILES string of the molecule is C=CC(=O)NCCCc1cc(S(=O)(=O)O)ccc1C(C)(C)C. The van der Waals surface area contributed by atoms with Crippen LogP contribution in [-0.4, -0.2) is 25.4 Å². The minimum absolute atomic E-state index is 0.106. The Morgan fingerprint density at radius 3 is 2.50 bits per heavy atom. The molecule has 0 heterocycles. The molecule has 0 aliphatic heterocycles. The second kappa shape index (κ2) is 7.07. The highest BCUT2D eigenvalue weighted by atomic mass is 32.2. The average molecular weight is 325 g/mol. The first-order chi connectivity index (χ1) is 10.1. The molecule has 0 aliphatic rings. The van der Waals surface area contributed by atoms with Crippen LogP contribution in [0.1, 0.15) is 38.3 Å². The molecule has 0 saturated heterocycles. The second-order valence-corrected chi connectivity index (χ2v) is 7.56. The topological polar surface area (TPSA) is 83.5 Å². The van der Waals surface area contributed by atoms with E-state index in [2.05, 4.69) is 11.9 Å². The summed E-state index contributed by atoms with van der Waals surface area (Å²) in [6.07, 6.45) is 2.48. The number of aryl methyl sites for hydroxylation is 1. The maximum Gasteiger partial charge on any atom is 0.294 e. The van der Waals surface area contributed by atoms with Crippen LogP contribution in [0, 0.1) is 0 Å². The first-order valence-electron chi connectivity index (χ1n) is 7.07. The Bertz CT molecular complexity index is 657. The van der Waals surface area contributed by atoms with Gasteiger partial charge in [-0.3, -0.25) is 9.35 Å². The summed E-state index contributed by atoms with van der Waals surface area (Å²) in [4.78, 5) is 11.0. The van der Waals surface area contributed by atoms with Gasteiger partial charge >= 0.3 is 0 Å². The largest absolute Gasteiger partial charge is 0.353 e. The van der Waals surface area contributed by atoms with Crippen LogP contribution in [0.5, 0.6) is 0 Å². The minimum Gasteiger partial charge on any atom is -0.353 e. The zero-order chi connectivity index (χ0) is 17.0. The maximum absolute atomic E-state index is 11.3. The van der Waals surface area contributed by atoms with E-state index in [1.54, 1.807) is 6.07 Å². The first kappa shape index (κ1) is 18.4. The molecular formula is C16H23NO4S. The standard InChI is InChI=1S/C16H23NO4S/c1-5-15(18)17-10-6-7-12-11-13(22(19,20)21)8-9-14(12)16(2,3)4/h5,8-9,11H,1,6-7,10H2,2-4H3,(H,17,18)(H,19,20,21). The molecule has 0 radical (unpaired) electrons. The van der Waals surface area contributed by atoms with Crippen molar-refractivity contribution in [2.45, 2.75) is 43.9 Å². The summed E-state index contributed by atoms with van der Waals surface area (Å²) in [5.41, 5.74) is 1.74. The van der Waals surface area contributed by atoms with E-state index in [1.807, 2.05) is 20.8 Å². The molecule has 0 bridgehead atoms. The Morgan fingerprint density at radius 1 is 1.36 bits per heavy atom. The summed E-state index contributed by atoms with van der Waals surface area (Å²) in [5, 5.41) is 2.68. The number of carbonyl (C=O) groups is 1. The molecule has 0 fully saturated rings. The van der Waals surface area contributed by atoms with E-state index in [1.165, 1.54) is 18.2 Å². The Kier molecular flexibility index (Phi) is 5.91. The van der Waals surface area contributed by atoms with Gasteiger partial charge in [0, 0.05) is 6.54 Å². The van der Waals surface area contributed by atoms with Crippen molar-refractivity contribution in [1.29, 1.82) is 0 Å². The van der Waals surface area contributed by atoms with E-state index in [0.29, 0.717) is 19.4 Å². The highest BCUT2D eigenvalue weighted by Crippen LogP contribution is 2.28. The van der Waals surface area contributed by atoms with E-state index >= 15 is 0 Å². The fraction of sp³-hybridized carbons (Fsp3) is 0.438. The molecule has 1 aromatic carbocycles. The van der Waals surface area contributed by atoms with Crippen molar-refractivity contribution < 1.29 is 17.8 Å². The van der Waals surface area contributed by atoms with Gasteiger partial charge in [0.1, 0.15) is 0 Å². The molecule has 5 nitrogen and oxygen atoms in total. The number of rotatable bonds is 6. The third kappa shape index (κ3) is 5.27. The lowest BCUT2D eigenvalue weighted by molar-refractivity contribution is -0.116. The lowest BCUT2D eigenvalue weighted by atomic mass is 9.82. The van der Waals surface area contributed by atoms with Gasteiger partial charge in [0.15, 0.2) is 0 Å². The monoisotopic (exact) mass is 325 g/mol. The fourth-order valence-corrected chi connectivity index (χ4v) is 2.76. The summed E-state index contributed by atoms with van der Waals surface area (Å²) in [7, 11) is -4.22. The second-order valence-electron chi connectivity index (χ2n) is 6.14. The molecule has 2 N–H and O–H groups in total. The Labute approximate surface area is 132 Å². The summed E-state index contributed by atoms with van der Waals surface area (Å²) in [6.45, 7) is 9.97. The average Bonchev–Trinajstić information content (AvgIpc) is 2.41. The predicted molar refractivity (Wildman–Crippen MR) is 86.5 cm³/mol. The van der Waals surface area contributed by atoms with Crippen LogP contribution in [0.15, 0.2) is 35.7 Å². The van der Waals surface area contributed by atoms with Crippen LogP contribution in [0.2, 0.25) is 0 Å². The van der Waals surface area contributed by atoms with Crippen molar-refractivity contribution in [3.8, 4) is 0 Å². The number of nitrogens with one attached hydrogen (secondary N) is 1.